The van der Waals surface area contributed by atoms with Crippen LogP contribution in [-0.2, 0) is 9.59 Å². The first kappa shape index (κ1) is 19.0. The number of para-hydroxylation sites is 1. The average molecular weight is 408 g/mol. The van der Waals surface area contributed by atoms with Gasteiger partial charge in [0.25, 0.3) is 5.91 Å². The summed E-state index contributed by atoms with van der Waals surface area (Å²) in [7, 11) is 0. The molecule has 4 aliphatic rings. The highest BCUT2D eigenvalue weighted by atomic mass is 16.2. The summed E-state index contributed by atoms with van der Waals surface area (Å²) in [6, 6.07) is 7.62. The van der Waals surface area contributed by atoms with Gasteiger partial charge in [-0.3, -0.25) is 19.3 Å². The summed E-state index contributed by atoms with van der Waals surface area (Å²) >= 11 is 0. The third kappa shape index (κ3) is 2.79. The van der Waals surface area contributed by atoms with Crippen LogP contribution in [0, 0.1) is 17.2 Å². The molecule has 3 amide bonds. The van der Waals surface area contributed by atoms with Gasteiger partial charge in [-0.2, -0.15) is 5.26 Å². The lowest BCUT2D eigenvalue weighted by molar-refractivity contribution is -0.135. The molecule has 1 aromatic carbocycles. The van der Waals surface area contributed by atoms with Crippen LogP contribution in [0.3, 0.4) is 0 Å². The largest absolute Gasteiger partial charge is 0.366 e. The Morgan fingerprint density at radius 3 is 2.70 bits per heavy atom. The molecule has 4 fully saturated rings. The van der Waals surface area contributed by atoms with Crippen LogP contribution in [0.2, 0.25) is 0 Å². The van der Waals surface area contributed by atoms with Gasteiger partial charge < -0.3 is 21.3 Å². The summed E-state index contributed by atoms with van der Waals surface area (Å²) in [5, 5.41) is 9.33. The number of likely N-dealkylation sites (tertiary alicyclic amines) is 2. The minimum Gasteiger partial charge on any atom is -0.366 e. The van der Waals surface area contributed by atoms with Gasteiger partial charge in [-0.15, -0.1) is 0 Å². The first-order chi connectivity index (χ1) is 14.4. The van der Waals surface area contributed by atoms with Gasteiger partial charge in [-0.05, 0) is 37.3 Å². The summed E-state index contributed by atoms with van der Waals surface area (Å²) < 4.78 is 0. The van der Waals surface area contributed by atoms with E-state index in [1.807, 2.05) is 4.90 Å². The standard InChI is InChI=1S/C21H24N6O3/c22-8-12-5-11-6-17(11)26(12)20(29)15(23)10-25-9-13-7-18(25)21(30)27(13)16-4-2-1-3-14(16)19(24)28/h1-4,11-13,15,17-18H,5-7,9-10,23H2,(H2,24,28)/t11?,12-,13+,15-,17-,18+/m0/s1. The zero-order valence-electron chi connectivity index (χ0n) is 16.5. The SMILES string of the molecule is N#C[C@@H]1CC2C[C@@H]2N1C(=O)[C@@H](N)CN1C[C@H]2C[C@@H]1C(=O)N2c1ccccc1C(N)=O. The number of primary amides is 1. The minimum atomic E-state index is -0.765. The molecule has 9 nitrogen and oxygen atoms in total. The Morgan fingerprint density at radius 2 is 2.00 bits per heavy atom. The molecule has 2 bridgehead atoms. The number of fused-ring (bicyclic) bond motifs is 3. The smallest absolute Gasteiger partial charge is 0.250 e. The van der Waals surface area contributed by atoms with E-state index in [4.69, 9.17) is 11.5 Å². The first-order valence-electron chi connectivity index (χ1n) is 10.3. The van der Waals surface area contributed by atoms with Gasteiger partial charge in [0, 0.05) is 19.1 Å². The molecule has 3 heterocycles. The zero-order valence-corrected chi connectivity index (χ0v) is 16.5. The molecule has 3 saturated heterocycles. The maximum atomic E-state index is 13.1. The molecule has 156 valence electrons. The number of hydrogen-bond acceptors (Lipinski definition) is 6. The van der Waals surface area contributed by atoms with Crippen molar-refractivity contribution in [3.8, 4) is 6.07 Å². The number of rotatable bonds is 5. The van der Waals surface area contributed by atoms with Crippen molar-refractivity contribution < 1.29 is 14.4 Å². The van der Waals surface area contributed by atoms with Gasteiger partial charge in [0.2, 0.25) is 11.8 Å². The van der Waals surface area contributed by atoms with E-state index in [-0.39, 0.29) is 42.5 Å². The molecule has 6 atom stereocenters. The van der Waals surface area contributed by atoms with Gasteiger partial charge in [0.05, 0.1) is 35.4 Å². The number of piperidine rings is 1. The molecule has 1 aromatic rings. The maximum absolute atomic E-state index is 13.1. The number of nitrogens with zero attached hydrogens (tertiary/aromatic N) is 4. The van der Waals surface area contributed by atoms with E-state index in [0.29, 0.717) is 30.1 Å². The second-order valence-corrected chi connectivity index (χ2v) is 8.74. The predicted octanol–water partition coefficient (Wildman–Crippen LogP) is -0.585. The molecule has 4 N–H and O–H groups in total. The van der Waals surface area contributed by atoms with Gasteiger partial charge in [0.1, 0.15) is 6.04 Å². The molecule has 1 saturated carbocycles. The lowest BCUT2D eigenvalue weighted by atomic mass is 10.1. The maximum Gasteiger partial charge on any atom is 0.250 e. The number of piperazine rings is 1. The molecule has 0 spiro atoms. The van der Waals surface area contributed by atoms with Crippen molar-refractivity contribution in [3.05, 3.63) is 29.8 Å². The number of carbonyl (C=O) groups excluding carboxylic acids is 3. The van der Waals surface area contributed by atoms with Crippen molar-refractivity contribution in [3.63, 3.8) is 0 Å². The van der Waals surface area contributed by atoms with Gasteiger partial charge in [-0.1, -0.05) is 12.1 Å². The van der Waals surface area contributed by atoms with E-state index in [0.717, 1.165) is 12.8 Å². The summed E-state index contributed by atoms with van der Waals surface area (Å²) in [5.74, 6) is -0.425. The Balaban J connectivity index is 1.28. The second kappa shape index (κ2) is 6.79. The van der Waals surface area contributed by atoms with Gasteiger partial charge in [-0.25, -0.2) is 0 Å². The van der Waals surface area contributed by atoms with Crippen molar-refractivity contribution in [2.75, 3.05) is 18.0 Å². The normalized spacial score (nSPS) is 32.8. The fraction of sp³-hybridized carbons (Fsp3) is 0.524. The van der Waals surface area contributed by atoms with E-state index in [2.05, 4.69) is 6.07 Å². The van der Waals surface area contributed by atoms with Crippen molar-refractivity contribution in [2.45, 2.75) is 49.5 Å². The molecule has 3 aliphatic heterocycles. The Kier molecular flexibility index (Phi) is 4.31. The number of amides is 3. The van der Waals surface area contributed by atoms with E-state index in [1.165, 1.54) is 0 Å². The van der Waals surface area contributed by atoms with Crippen molar-refractivity contribution >= 4 is 23.4 Å². The van der Waals surface area contributed by atoms with Crippen LogP contribution < -0.4 is 16.4 Å². The lowest BCUT2D eigenvalue weighted by Crippen LogP contribution is -2.57. The highest BCUT2D eigenvalue weighted by molar-refractivity contribution is 6.07. The topological polar surface area (TPSA) is 137 Å². The Bertz CT molecular complexity index is 974. The van der Waals surface area contributed by atoms with E-state index < -0.39 is 11.9 Å². The van der Waals surface area contributed by atoms with Crippen molar-refractivity contribution in [2.24, 2.45) is 17.4 Å². The molecule has 1 aliphatic carbocycles. The third-order valence-electron chi connectivity index (χ3n) is 6.95. The summed E-state index contributed by atoms with van der Waals surface area (Å²) in [6.45, 7) is 0.862. The van der Waals surface area contributed by atoms with Crippen LogP contribution in [-0.4, -0.2) is 70.8 Å². The Labute approximate surface area is 174 Å². The molecule has 1 unspecified atom stereocenters. The minimum absolute atomic E-state index is 0.0863. The quantitative estimate of drug-likeness (QED) is 0.668. The van der Waals surface area contributed by atoms with E-state index in [9.17, 15) is 19.6 Å². The Hall–Kier alpha value is -2.96. The van der Waals surface area contributed by atoms with Crippen LogP contribution in [0.15, 0.2) is 24.3 Å². The number of anilines is 1. The number of nitriles is 1. The monoisotopic (exact) mass is 408 g/mol. The van der Waals surface area contributed by atoms with Gasteiger partial charge in [0.15, 0.2) is 0 Å². The molecular weight excluding hydrogens is 384 g/mol. The van der Waals surface area contributed by atoms with Crippen LogP contribution >= 0.6 is 0 Å². The Morgan fingerprint density at radius 1 is 1.23 bits per heavy atom. The lowest BCUT2D eigenvalue weighted by Gasteiger charge is -2.36. The summed E-state index contributed by atoms with van der Waals surface area (Å²) in [5.41, 5.74) is 12.6. The average Bonchev–Trinajstić information content (AvgIpc) is 3.07. The highest BCUT2D eigenvalue weighted by Crippen LogP contribution is 2.47. The molecule has 5 rings (SSSR count). The van der Waals surface area contributed by atoms with Crippen LogP contribution in [0.25, 0.3) is 0 Å². The predicted molar refractivity (Wildman–Crippen MR) is 107 cm³/mol. The second-order valence-electron chi connectivity index (χ2n) is 8.74. The van der Waals surface area contributed by atoms with Crippen LogP contribution in [0.1, 0.15) is 29.6 Å². The first-order valence-corrected chi connectivity index (χ1v) is 10.3. The number of nitrogens with two attached hydrogens (primary N) is 2. The fourth-order valence-corrected chi connectivity index (χ4v) is 5.48. The molecule has 0 radical (unpaired) electrons. The van der Waals surface area contributed by atoms with Gasteiger partial charge >= 0.3 is 0 Å². The number of benzene rings is 1. The fourth-order valence-electron chi connectivity index (χ4n) is 5.48. The van der Waals surface area contributed by atoms with Crippen LogP contribution in [0.5, 0.6) is 0 Å². The summed E-state index contributed by atoms with van der Waals surface area (Å²) in [4.78, 5) is 43.0. The van der Waals surface area contributed by atoms with Crippen molar-refractivity contribution in [1.29, 1.82) is 5.26 Å². The zero-order chi connectivity index (χ0) is 21.2. The summed E-state index contributed by atoms with van der Waals surface area (Å²) in [6.07, 6.45) is 2.32. The van der Waals surface area contributed by atoms with E-state index >= 15 is 0 Å². The molecule has 0 aromatic heterocycles. The highest BCUT2D eigenvalue weighted by Gasteiger charge is 2.56. The van der Waals surface area contributed by atoms with E-state index in [1.54, 1.807) is 34.1 Å². The number of hydrogen-bond donors (Lipinski definition) is 2. The molecular formula is C21H24N6O3. The molecule has 9 heteroatoms. The van der Waals surface area contributed by atoms with Crippen LogP contribution in [0.4, 0.5) is 5.69 Å². The molecule has 30 heavy (non-hydrogen) atoms. The van der Waals surface area contributed by atoms with Crippen molar-refractivity contribution in [1.82, 2.24) is 9.80 Å². The number of carbonyl (C=O) groups is 3. The third-order valence-corrected chi connectivity index (χ3v) is 6.95.